The van der Waals surface area contributed by atoms with Crippen LogP contribution in [0.3, 0.4) is 0 Å². The Hall–Kier alpha value is -1.69. The third-order valence-electron chi connectivity index (χ3n) is 6.30. The fourth-order valence-electron chi connectivity index (χ4n) is 4.58. The minimum absolute atomic E-state index is 0.0434. The van der Waals surface area contributed by atoms with Gasteiger partial charge in [0.05, 0.1) is 10.3 Å². The Morgan fingerprint density at radius 3 is 2.56 bits per heavy atom. The van der Waals surface area contributed by atoms with Crippen molar-refractivity contribution in [3.05, 3.63) is 26.6 Å². The maximum absolute atomic E-state index is 13.2. The third-order valence-corrected chi connectivity index (χ3v) is 7.47. The molecule has 6 heteroatoms. The van der Waals surface area contributed by atoms with Gasteiger partial charge in [-0.15, -0.1) is 11.3 Å². The summed E-state index contributed by atoms with van der Waals surface area (Å²) in [6.45, 7) is 2.66. The summed E-state index contributed by atoms with van der Waals surface area (Å²) < 4.78 is 1.85. The molecule has 1 saturated carbocycles. The van der Waals surface area contributed by atoms with Crippen molar-refractivity contribution in [1.29, 1.82) is 0 Å². The summed E-state index contributed by atoms with van der Waals surface area (Å²) >= 11 is 1.41. The van der Waals surface area contributed by atoms with Gasteiger partial charge < -0.3 is 4.90 Å². The van der Waals surface area contributed by atoms with Gasteiger partial charge in [-0.1, -0.05) is 32.1 Å². The molecule has 1 fully saturated rings. The van der Waals surface area contributed by atoms with Crippen molar-refractivity contribution in [2.24, 2.45) is 0 Å². The Labute approximate surface area is 164 Å². The maximum atomic E-state index is 13.2. The van der Waals surface area contributed by atoms with Crippen molar-refractivity contribution < 1.29 is 4.79 Å². The molecule has 1 aliphatic heterocycles. The number of hydrogen-bond acceptors (Lipinski definition) is 4. The summed E-state index contributed by atoms with van der Waals surface area (Å²) in [7, 11) is 1.93. The van der Waals surface area contributed by atoms with Crippen molar-refractivity contribution in [3.8, 4) is 0 Å². The molecule has 1 amide bonds. The van der Waals surface area contributed by atoms with E-state index in [1.54, 1.807) is 0 Å². The lowest BCUT2D eigenvalue weighted by Gasteiger charge is -2.27. The number of hydrogen-bond donors (Lipinski definition) is 0. The van der Waals surface area contributed by atoms with Crippen LogP contribution in [0.2, 0.25) is 0 Å². The van der Waals surface area contributed by atoms with Crippen LogP contribution >= 0.6 is 11.3 Å². The molecule has 0 saturated heterocycles. The van der Waals surface area contributed by atoms with Crippen LogP contribution in [0.25, 0.3) is 10.2 Å². The standard InChI is InChI=1S/C21H29N3O2S/c1-14-17-19(22-16-12-8-5-9-13-24(16)20(17)25)27-18(14)21(26)23(2)15-10-6-3-4-7-11-15/h15H,3-13H2,1-2H3. The largest absolute Gasteiger partial charge is 0.338 e. The highest BCUT2D eigenvalue weighted by atomic mass is 32.1. The Morgan fingerprint density at radius 2 is 1.81 bits per heavy atom. The molecular weight excluding hydrogens is 358 g/mol. The molecule has 3 heterocycles. The van der Waals surface area contributed by atoms with Gasteiger partial charge in [0.25, 0.3) is 11.5 Å². The van der Waals surface area contributed by atoms with Crippen LogP contribution in [0.15, 0.2) is 4.79 Å². The fraction of sp³-hybridized carbons (Fsp3) is 0.667. The summed E-state index contributed by atoms with van der Waals surface area (Å²) in [4.78, 5) is 34.5. The van der Waals surface area contributed by atoms with Crippen molar-refractivity contribution in [2.75, 3.05) is 7.05 Å². The van der Waals surface area contributed by atoms with Gasteiger partial charge in [-0.25, -0.2) is 4.98 Å². The zero-order valence-corrected chi connectivity index (χ0v) is 17.2. The monoisotopic (exact) mass is 387 g/mol. The van der Waals surface area contributed by atoms with E-state index >= 15 is 0 Å². The molecule has 1 aliphatic carbocycles. The Kier molecular flexibility index (Phi) is 5.35. The number of carbonyl (C=O) groups excluding carboxylic acids is 1. The van der Waals surface area contributed by atoms with E-state index in [0.717, 1.165) is 61.3 Å². The van der Waals surface area contributed by atoms with E-state index < -0.39 is 0 Å². The fourth-order valence-corrected chi connectivity index (χ4v) is 5.76. The summed E-state index contributed by atoms with van der Waals surface area (Å²) in [5.74, 6) is 0.948. The number of carbonyl (C=O) groups is 1. The predicted octanol–water partition coefficient (Wildman–Crippen LogP) is 4.29. The van der Waals surface area contributed by atoms with E-state index in [-0.39, 0.29) is 11.5 Å². The molecule has 2 aromatic rings. The molecule has 0 N–H and O–H groups in total. The second-order valence-corrected chi connectivity index (χ2v) is 9.09. The zero-order valence-electron chi connectivity index (χ0n) is 16.4. The average molecular weight is 388 g/mol. The number of nitrogens with zero attached hydrogens (tertiary/aromatic N) is 3. The van der Waals surface area contributed by atoms with Crippen LogP contribution < -0.4 is 5.56 Å². The highest BCUT2D eigenvalue weighted by Crippen LogP contribution is 2.31. The van der Waals surface area contributed by atoms with E-state index in [4.69, 9.17) is 4.98 Å². The van der Waals surface area contributed by atoms with Crippen LogP contribution in [0.1, 0.15) is 78.8 Å². The minimum atomic E-state index is 0.0434. The molecule has 27 heavy (non-hydrogen) atoms. The lowest BCUT2D eigenvalue weighted by atomic mass is 10.1. The molecule has 4 rings (SSSR count). The number of thiophene rings is 1. The maximum Gasteiger partial charge on any atom is 0.264 e. The Morgan fingerprint density at radius 1 is 1.11 bits per heavy atom. The van der Waals surface area contributed by atoms with Crippen molar-refractivity contribution in [3.63, 3.8) is 0 Å². The molecular formula is C21H29N3O2S. The Bertz CT molecular complexity index is 906. The second-order valence-electron chi connectivity index (χ2n) is 8.09. The average Bonchev–Trinajstić information content (AvgIpc) is 2.90. The highest BCUT2D eigenvalue weighted by Gasteiger charge is 2.27. The summed E-state index contributed by atoms with van der Waals surface area (Å²) in [6, 6.07) is 0.315. The van der Waals surface area contributed by atoms with E-state index in [1.165, 1.54) is 37.0 Å². The van der Waals surface area contributed by atoms with Gasteiger partial charge in [-0.3, -0.25) is 14.2 Å². The number of aromatic nitrogens is 2. The van der Waals surface area contributed by atoms with E-state index in [9.17, 15) is 9.59 Å². The molecule has 2 aliphatic rings. The molecule has 0 bridgehead atoms. The van der Waals surface area contributed by atoms with E-state index in [2.05, 4.69) is 0 Å². The van der Waals surface area contributed by atoms with Crippen LogP contribution in [0.4, 0.5) is 0 Å². The number of fused-ring (bicyclic) bond motifs is 2. The highest BCUT2D eigenvalue weighted by molar-refractivity contribution is 7.20. The quantitative estimate of drug-likeness (QED) is 0.723. The lowest BCUT2D eigenvalue weighted by molar-refractivity contribution is 0.0722. The zero-order chi connectivity index (χ0) is 19.0. The SMILES string of the molecule is Cc1c(C(=O)N(C)C2CCCCCC2)sc2nc3n(c(=O)c12)CCCCC3. The van der Waals surface area contributed by atoms with Crippen molar-refractivity contribution in [1.82, 2.24) is 14.5 Å². The smallest absolute Gasteiger partial charge is 0.264 e. The first-order valence-corrected chi connectivity index (χ1v) is 11.2. The van der Waals surface area contributed by atoms with Gasteiger partial charge in [0, 0.05) is 26.1 Å². The van der Waals surface area contributed by atoms with Crippen LogP contribution in [0.5, 0.6) is 0 Å². The molecule has 0 spiro atoms. The molecule has 146 valence electrons. The first-order valence-electron chi connectivity index (χ1n) is 10.4. The van der Waals surface area contributed by atoms with Gasteiger partial charge in [0.2, 0.25) is 0 Å². The molecule has 2 aromatic heterocycles. The van der Waals surface area contributed by atoms with Gasteiger partial charge in [0.1, 0.15) is 10.7 Å². The molecule has 0 unspecified atom stereocenters. The van der Waals surface area contributed by atoms with Crippen molar-refractivity contribution >= 4 is 27.5 Å². The summed E-state index contributed by atoms with van der Waals surface area (Å²) in [5, 5.41) is 0.656. The van der Waals surface area contributed by atoms with Gasteiger partial charge >= 0.3 is 0 Å². The number of amides is 1. The summed E-state index contributed by atoms with van der Waals surface area (Å²) in [5.41, 5.74) is 0.860. The van der Waals surface area contributed by atoms with Gasteiger partial charge in [-0.2, -0.15) is 0 Å². The molecule has 0 aromatic carbocycles. The van der Waals surface area contributed by atoms with Gasteiger partial charge in [-0.05, 0) is 38.2 Å². The van der Waals surface area contributed by atoms with Crippen LogP contribution in [0, 0.1) is 6.92 Å². The first kappa shape index (κ1) is 18.7. The van der Waals surface area contributed by atoms with E-state index in [0.29, 0.717) is 16.3 Å². The summed E-state index contributed by atoms with van der Waals surface area (Å²) in [6.07, 6.45) is 11.2. The minimum Gasteiger partial charge on any atom is -0.338 e. The molecule has 0 radical (unpaired) electrons. The normalized spacial score (nSPS) is 18.7. The second kappa shape index (κ2) is 7.74. The topological polar surface area (TPSA) is 55.2 Å². The van der Waals surface area contributed by atoms with Crippen molar-refractivity contribution in [2.45, 2.75) is 83.7 Å². The van der Waals surface area contributed by atoms with Crippen LogP contribution in [-0.4, -0.2) is 33.4 Å². The van der Waals surface area contributed by atoms with Crippen LogP contribution in [-0.2, 0) is 13.0 Å². The Balaban J connectivity index is 1.72. The van der Waals surface area contributed by atoms with Gasteiger partial charge in [0.15, 0.2) is 0 Å². The third kappa shape index (κ3) is 3.44. The predicted molar refractivity (Wildman–Crippen MR) is 110 cm³/mol. The molecule has 5 nitrogen and oxygen atoms in total. The number of rotatable bonds is 2. The lowest BCUT2D eigenvalue weighted by Crippen LogP contribution is -2.36. The number of aryl methyl sites for hydroxylation is 2. The molecule has 0 atom stereocenters. The first-order chi connectivity index (χ1) is 13.1. The van der Waals surface area contributed by atoms with E-state index in [1.807, 2.05) is 23.4 Å².